The largest absolute Gasteiger partial charge is 0.455 e. The molecule has 2 N–H and O–H groups in total. The van der Waals surface area contributed by atoms with Crippen LogP contribution in [0.4, 0.5) is 0 Å². The van der Waals surface area contributed by atoms with E-state index < -0.39 is 0 Å². The van der Waals surface area contributed by atoms with Crippen LogP contribution in [0.5, 0.6) is 0 Å². The Morgan fingerprint density at radius 1 is 1.42 bits per heavy atom. The Hall–Kier alpha value is -1.62. The first-order valence-corrected chi connectivity index (χ1v) is 6.40. The molecule has 19 heavy (non-hydrogen) atoms. The maximum absolute atomic E-state index is 12.1. The Morgan fingerprint density at radius 3 is 2.74 bits per heavy atom. The summed E-state index contributed by atoms with van der Waals surface area (Å²) in [4.78, 5) is 24.0. The van der Waals surface area contributed by atoms with Crippen molar-refractivity contribution >= 4 is 11.7 Å². The van der Waals surface area contributed by atoms with Gasteiger partial charge in [-0.2, -0.15) is 0 Å². The predicted octanol–water partition coefficient (Wildman–Crippen LogP) is 1.47. The minimum atomic E-state index is -0.383. The van der Waals surface area contributed by atoms with Gasteiger partial charge >= 0.3 is 0 Å². The number of fused-ring (bicyclic) bond motifs is 1. The van der Waals surface area contributed by atoms with Gasteiger partial charge in [-0.05, 0) is 12.3 Å². The molecule has 1 aromatic rings. The summed E-state index contributed by atoms with van der Waals surface area (Å²) in [7, 11) is 0. The first-order valence-electron chi connectivity index (χ1n) is 6.40. The summed E-state index contributed by atoms with van der Waals surface area (Å²) in [5, 5.41) is 11.2. The van der Waals surface area contributed by atoms with E-state index in [4.69, 9.17) is 9.52 Å². The van der Waals surface area contributed by atoms with E-state index in [1.807, 2.05) is 13.8 Å². The number of hydrogen-bond acceptors (Lipinski definition) is 4. The lowest BCUT2D eigenvalue weighted by molar-refractivity contribution is 0.0886. The summed E-state index contributed by atoms with van der Waals surface area (Å²) < 4.78 is 5.59. The molecular weight excluding hydrogens is 246 g/mol. The van der Waals surface area contributed by atoms with Crippen LogP contribution in [-0.4, -0.2) is 29.9 Å². The van der Waals surface area contributed by atoms with Crippen LogP contribution >= 0.6 is 0 Å². The summed E-state index contributed by atoms with van der Waals surface area (Å²) in [6.45, 7) is 5.79. The predicted molar refractivity (Wildman–Crippen MR) is 69.3 cm³/mol. The van der Waals surface area contributed by atoms with Gasteiger partial charge in [0.1, 0.15) is 5.76 Å². The standard InChI is InChI=1S/C14H19NO4/c1-8-11-9(17)6-14(2,3)7-10(11)19-12(8)13(18)15-4-5-16/h16H,4-7H2,1-3H3,(H,15,18). The second kappa shape index (κ2) is 4.81. The molecule has 1 heterocycles. The Bertz CT molecular complexity index is 528. The highest BCUT2D eigenvalue weighted by molar-refractivity contribution is 6.03. The van der Waals surface area contributed by atoms with Crippen molar-refractivity contribution in [2.45, 2.75) is 33.6 Å². The average molecular weight is 265 g/mol. The highest BCUT2D eigenvalue weighted by Crippen LogP contribution is 2.38. The first kappa shape index (κ1) is 13.8. The molecule has 2 rings (SSSR count). The van der Waals surface area contributed by atoms with Crippen LogP contribution in [0.2, 0.25) is 0 Å². The summed E-state index contributed by atoms with van der Waals surface area (Å²) in [5.74, 6) is 0.442. The van der Waals surface area contributed by atoms with E-state index in [0.717, 1.165) is 0 Å². The number of ketones is 1. The number of nitrogens with one attached hydrogen (secondary N) is 1. The Kier molecular flexibility index (Phi) is 3.49. The molecule has 1 aliphatic rings. The van der Waals surface area contributed by atoms with Crippen LogP contribution in [-0.2, 0) is 6.42 Å². The Balaban J connectivity index is 2.36. The maximum atomic E-state index is 12.1. The molecule has 5 heteroatoms. The molecule has 0 atom stereocenters. The van der Waals surface area contributed by atoms with Gasteiger partial charge in [0.05, 0.1) is 12.2 Å². The fourth-order valence-corrected chi connectivity index (χ4v) is 2.55. The number of aliphatic hydroxyl groups is 1. The van der Waals surface area contributed by atoms with Crippen molar-refractivity contribution < 1.29 is 19.1 Å². The van der Waals surface area contributed by atoms with Gasteiger partial charge in [-0.25, -0.2) is 0 Å². The second-order valence-corrected chi connectivity index (χ2v) is 5.77. The number of rotatable bonds is 3. The fraction of sp³-hybridized carbons (Fsp3) is 0.571. The molecule has 0 aromatic carbocycles. The fourth-order valence-electron chi connectivity index (χ4n) is 2.55. The van der Waals surface area contributed by atoms with Crippen LogP contribution in [0.1, 0.15) is 52.5 Å². The van der Waals surface area contributed by atoms with Crippen molar-refractivity contribution in [3.8, 4) is 0 Å². The molecule has 1 aromatic heterocycles. The molecule has 0 aliphatic heterocycles. The lowest BCUT2D eigenvalue weighted by Gasteiger charge is -2.27. The zero-order valence-corrected chi connectivity index (χ0v) is 11.5. The number of hydrogen-bond donors (Lipinski definition) is 2. The maximum Gasteiger partial charge on any atom is 0.287 e. The monoisotopic (exact) mass is 265 g/mol. The molecule has 0 spiro atoms. The third-order valence-electron chi connectivity index (χ3n) is 3.38. The number of aliphatic hydroxyl groups excluding tert-OH is 1. The van der Waals surface area contributed by atoms with E-state index >= 15 is 0 Å². The van der Waals surface area contributed by atoms with Gasteiger partial charge < -0.3 is 14.8 Å². The van der Waals surface area contributed by atoms with Crippen molar-refractivity contribution in [2.24, 2.45) is 5.41 Å². The lowest BCUT2D eigenvalue weighted by Crippen LogP contribution is -2.27. The topological polar surface area (TPSA) is 79.5 Å². The quantitative estimate of drug-likeness (QED) is 0.867. The summed E-state index contributed by atoms with van der Waals surface area (Å²) in [5.41, 5.74) is 1.03. The molecule has 1 aliphatic carbocycles. The van der Waals surface area contributed by atoms with Crippen molar-refractivity contribution in [1.29, 1.82) is 0 Å². The number of amides is 1. The normalized spacial score (nSPS) is 17.2. The lowest BCUT2D eigenvalue weighted by atomic mass is 9.76. The smallest absolute Gasteiger partial charge is 0.287 e. The number of Topliss-reactive ketones (excluding diaryl/α,β-unsaturated/α-hetero) is 1. The van der Waals surface area contributed by atoms with Crippen molar-refractivity contribution in [3.63, 3.8) is 0 Å². The molecule has 0 fully saturated rings. The summed E-state index contributed by atoms with van der Waals surface area (Å²) in [6.07, 6.45) is 1.13. The van der Waals surface area contributed by atoms with Crippen LogP contribution in [0, 0.1) is 12.3 Å². The third kappa shape index (κ3) is 2.56. The highest BCUT2D eigenvalue weighted by atomic mass is 16.4. The van der Waals surface area contributed by atoms with Crippen LogP contribution in [0.25, 0.3) is 0 Å². The van der Waals surface area contributed by atoms with Gasteiger partial charge in [0.2, 0.25) is 0 Å². The van der Waals surface area contributed by atoms with E-state index in [0.29, 0.717) is 29.7 Å². The van der Waals surface area contributed by atoms with Crippen molar-refractivity contribution in [1.82, 2.24) is 5.32 Å². The van der Waals surface area contributed by atoms with E-state index in [1.165, 1.54) is 0 Å². The Labute approximate surface area is 112 Å². The number of furan rings is 1. The number of carbonyl (C=O) groups excluding carboxylic acids is 2. The highest BCUT2D eigenvalue weighted by Gasteiger charge is 2.36. The van der Waals surface area contributed by atoms with Gasteiger partial charge in [0.15, 0.2) is 11.5 Å². The van der Waals surface area contributed by atoms with Gasteiger partial charge in [-0.1, -0.05) is 13.8 Å². The van der Waals surface area contributed by atoms with Gasteiger partial charge in [-0.15, -0.1) is 0 Å². The molecule has 104 valence electrons. The molecule has 0 saturated heterocycles. The van der Waals surface area contributed by atoms with Crippen molar-refractivity contribution in [2.75, 3.05) is 13.2 Å². The number of carbonyl (C=O) groups is 2. The molecule has 0 bridgehead atoms. The molecular formula is C14H19NO4. The van der Waals surface area contributed by atoms with E-state index in [2.05, 4.69) is 5.32 Å². The third-order valence-corrected chi connectivity index (χ3v) is 3.38. The molecule has 1 amide bonds. The minimum Gasteiger partial charge on any atom is -0.455 e. The van der Waals surface area contributed by atoms with Crippen LogP contribution in [0.15, 0.2) is 4.42 Å². The van der Waals surface area contributed by atoms with E-state index in [9.17, 15) is 9.59 Å². The van der Waals surface area contributed by atoms with Crippen LogP contribution < -0.4 is 5.32 Å². The van der Waals surface area contributed by atoms with Crippen molar-refractivity contribution in [3.05, 3.63) is 22.6 Å². The van der Waals surface area contributed by atoms with Crippen LogP contribution in [0.3, 0.4) is 0 Å². The summed E-state index contributed by atoms with van der Waals surface area (Å²) >= 11 is 0. The molecule has 0 unspecified atom stereocenters. The molecule has 5 nitrogen and oxygen atoms in total. The first-order chi connectivity index (χ1) is 8.85. The zero-order chi connectivity index (χ0) is 14.2. The minimum absolute atomic E-state index is 0.0358. The van der Waals surface area contributed by atoms with E-state index in [1.54, 1.807) is 6.92 Å². The van der Waals surface area contributed by atoms with Gasteiger partial charge in [-0.3, -0.25) is 9.59 Å². The van der Waals surface area contributed by atoms with Gasteiger partial charge in [0, 0.05) is 24.9 Å². The SMILES string of the molecule is Cc1c(C(=O)NCCO)oc2c1C(=O)CC(C)(C)C2. The average Bonchev–Trinajstić information content (AvgIpc) is 2.61. The Morgan fingerprint density at radius 2 is 2.11 bits per heavy atom. The van der Waals surface area contributed by atoms with E-state index in [-0.39, 0.29) is 36.0 Å². The second-order valence-electron chi connectivity index (χ2n) is 5.77. The summed E-state index contributed by atoms with van der Waals surface area (Å²) in [6, 6.07) is 0. The van der Waals surface area contributed by atoms with Gasteiger partial charge in [0.25, 0.3) is 5.91 Å². The zero-order valence-electron chi connectivity index (χ0n) is 11.5. The molecule has 0 radical (unpaired) electrons. The molecule has 0 saturated carbocycles.